The summed E-state index contributed by atoms with van der Waals surface area (Å²) in [5, 5.41) is 4.81. The predicted molar refractivity (Wildman–Crippen MR) is 105 cm³/mol. The van der Waals surface area contributed by atoms with Crippen molar-refractivity contribution in [3.05, 3.63) is 82.0 Å². The number of carbonyl (C=O) groups is 2. The van der Waals surface area contributed by atoms with Crippen molar-refractivity contribution in [2.45, 2.75) is 11.8 Å². The van der Waals surface area contributed by atoms with Gasteiger partial charge in [0.2, 0.25) is 0 Å². The molecule has 1 N–H and O–H groups in total. The minimum Gasteiger partial charge on any atom is -0.322 e. The SMILES string of the molecule is Cc1cccc(C(=O)Nc2cccc(SCC(=O)c3cccs3)c2)c1. The van der Waals surface area contributed by atoms with Crippen molar-refractivity contribution in [3.63, 3.8) is 0 Å². The number of nitrogens with one attached hydrogen (secondary N) is 1. The predicted octanol–water partition coefficient (Wildman–Crippen LogP) is 5.28. The molecule has 3 nitrogen and oxygen atoms in total. The normalized spacial score (nSPS) is 10.4. The number of benzene rings is 2. The molecule has 1 amide bonds. The summed E-state index contributed by atoms with van der Waals surface area (Å²) in [4.78, 5) is 26.1. The zero-order valence-electron chi connectivity index (χ0n) is 13.7. The molecule has 0 saturated heterocycles. The maximum atomic E-state index is 12.3. The Morgan fingerprint density at radius 3 is 2.64 bits per heavy atom. The number of rotatable bonds is 6. The molecule has 0 bridgehead atoms. The van der Waals surface area contributed by atoms with Crippen molar-refractivity contribution in [1.29, 1.82) is 0 Å². The van der Waals surface area contributed by atoms with Crippen LogP contribution in [-0.2, 0) is 0 Å². The Balaban J connectivity index is 1.63. The molecule has 0 atom stereocenters. The molecular weight excluding hydrogens is 350 g/mol. The lowest BCUT2D eigenvalue weighted by Gasteiger charge is -2.08. The first-order valence-electron chi connectivity index (χ1n) is 7.79. The fourth-order valence-electron chi connectivity index (χ4n) is 2.31. The van der Waals surface area contributed by atoms with Gasteiger partial charge in [0.25, 0.3) is 5.91 Å². The number of Topliss-reactive ketones (excluding diaryl/α,β-unsaturated/α-hetero) is 1. The van der Waals surface area contributed by atoms with Crippen LogP contribution in [0.4, 0.5) is 5.69 Å². The van der Waals surface area contributed by atoms with E-state index in [2.05, 4.69) is 5.32 Å². The quantitative estimate of drug-likeness (QED) is 0.476. The second kappa shape index (κ2) is 8.14. The molecule has 25 heavy (non-hydrogen) atoms. The Bertz CT molecular complexity index is 888. The summed E-state index contributed by atoms with van der Waals surface area (Å²) in [5.74, 6) is 0.366. The summed E-state index contributed by atoms with van der Waals surface area (Å²) in [6.07, 6.45) is 0. The number of hydrogen-bond donors (Lipinski definition) is 1. The first kappa shape index (κ1) is 17.5. The molecule has 3 aromatic rings. The number of anilines is 1. The van der Waals surface area contributed by atoms with Crippen LogP contribution in [0.2, 0.25) is 0 Å². The largest absolute Gasteiger partial charge is 0.322 e. The summed E-state index contributed by atoms with van der Waals surface area (Å²) < 4.78 is 0. The van der Waals surface area contributed by atoms with Crippen molar-refractivity contribution in [2.75, 3.05) is 11.1 Å². The number of amides is 1. The number of hydrogen-bond acceptors (Lipinski definition) is 4. The summed E-state index contributed by atoms with van der Waals surface area (Å²) in [5.41, 5.74) is 2.40. The average Bonchev–Trinajstić information content (AvgIpc) is 3.15. The van der Waals surface area contributed by atoms with Crippen LogP contribution in [-0.4, -0.2) is 17.4 Å². The highest BCUT2D eigenvalue weighted by molar-refractivity contribution is 8.00. The minimum absolute atomic E-state index is 0.120. The third kappa shape index (κ3) is 4.81. The molecular formula is C20H17NO2S2. The van der Waals surface area contributed by atoms with E-state index in [1.165, 1.54) is 23.1 Å². The van der Waals surface area contributed by atoms with Crippen LogP contribution >= 0.6 is 23.1 Å². The molecule has 126 valence electrons. The van der Waals surface area contributed by atoms with Gasteiger partial charge in [-0.1, -0.05) is 29.8 Å². The van der Waals surface area contributed by atoms with Crippen LogP contribution in [0.25, 0.3) is 0 Å². The Morgan fingerprint density at radius 1 is 1.04 bits per heavy atom. The van der Waals surface area contributed by atoms with Gasteiger partial charge in [0.05, 0.1) is 10.6 Å². The average molecular weight is 367 g/mol. The van der Waals surface area contributed by atoms with Gasteiger partial charge >= 0.3 is 0 Å². The van der Waals surface area contributed by atoms with Gasteiger partial charge in [-0.3, -0.25) is 9.59 Å². The van der Waals surface area contributed by atoms with E-state index in [0.29, 0.717) is 11.3 Å². The Labute approximate surface area is 155 Å². The molecule has 0 aliphatic heterocycles. The molecule has 0 spiro atoms. The lowest BCUT2D eigenvalue weighted by molar-refractivity contribution is 0.101. The van der Waals surface area contributed by atoms with Gasteiger partial charge < -0.3 is 5.32 Å². The fraction of sp³-hybridized carbons (Fsp3) is 0.100. The maximum Gasteiger partial charge on any atom is 0.255 e. The van der Waals surface area contributed by atoms with Gasteiger partial charge in [-0.15, -0.1) is 23.1 Å². The lowest BCUT2D eigenvalue weighted by atomic mass is 10.1. The van der Waals surface area contributed by atoms with E-state index in [0.717, 1.165) is 21.0 Å². The second-order valence-corrected chi connectivity index (χ2v) is 7.54. The van der Waals surface area contributed by atoms with Gasteiger partial charge in [-0.25, -0.2) is 0 Å². The molecule has 1 heterocycles. The molecule has 0 aliphatic rings. The van der Waals surface area contributed by atoms with Gasteiger partial charge in [0.15, 0.2) is 5.78 Å². The number of aryl methyl sites for hydroxylation is 1. The summed E-state index contributed by atoms with van der Waals surface area (Å²) in [6, 6.07) is 18.7. The Morgan fingerprint density at radius 2 is 1.88 bits per heavy atom. The Hall–Kier alpha value is -2.37. The summed E-state index contributed by atoms with van der Waals surface area (Å²) in [6.45, 7) is 1.96. The summed E-state index contributed by atoms with van der Waals surface area (Å²) in [7, 11) is 0. The second-order valence-electron chi connectivity index (χ2n) is 5.54. The third-order valence-corrected chi connectivity index (χ3v) is 5.44. The molecule has 1 aromatic heterocycles. The molecule has 3 rings (SSSR count). The van der Waals surface area contributed by atoms with Crippen LogP contribution in [0.3, 0.4) is 0 Å². The molecule has 0 fully saturated rings. The summed E-state index contributed by atoms with van der Waals surface area (Å²) >= 11 is 2.93. The molecule has 0 unspecified atom stereocenters. The molecule has 0 saturated carbocycles. The number of thioether (sulfide) groups is 1. The van der Waals surface area contributed by atoms with Gasteiger partial charge in [0, 0.05) is 16.1 Å². The van der Waals surface area contributed by atoms with Gasteiger partial charge in [-0.2, -0.15) is 0 Å². The van der Waals surface area contributed by atoms with E-state index in [1.807, 2.05) is 66.9 Å². The van der Waals surface area contributed by atoms with Gasteiger partial charge in [0.1, 0.15) is 0 Å². The Kier molecular flexibility index (Phi) is 5.68. The van der Waals surface area contributed by atoms with Crippen molar-refractivity contribution >= 4 is 40.5 Å². The van der Waals surface area contributed by atoms with E-state index in [4.69, 9.17) is 0 Å². The van der Waals surface area contributed by atoms with E-state index in [-0.39, 0.29) is 11.7 Å². The van der Waals surface area contributed by atoms with Gasteiger partial charge in [-0.05, 0) is 48.7 Å². The highest BCUT2D eigenvalue weighted by atomic mass is 32.2. The minimum atomic E-state index is -0.138. The molecule has 5 heteroatoms. The van der Waals surface area contributed by atoms with Crippen LogP contribution in [0.1, 0.15) is 25.6 Å². The van der Waals surface area contributed by atoms with E-state index in [1.54, 1.807) is 6.07 Å². The number of carbonyl (C=O) groups excluding carboxylic acids is 2. The smallest absolute Gasteiger partial charge is 0.255 e. The topological polar surface area (TPSA) is 46.2 Å². The number of thiophene rings is 1. The number of ketones is 1. The van der Waals surface area contributed by atoms with Crippen molar-refractivity contribution < 1.29 is 9.59 Å². The van der Waals surface area contributed by atoms with E-state index >= 15 is 0 Å². The molecule has 0 radical (unpaired) electrons. The van der Waals surface area contributed by atoms with Crippen LogP contribution in [0, 0.1) is 6.92 Å². The van der Waals surface area contributed by atoms with E-state index in [9.17, 15) is 9.59 Å². The first-order chi connectivity index (χ1) is 12.1. The monoisotopic (exact) mass is 367 g/mol. The first-order valence-corrected chi connectivity index (χ1v) is 9.66. The third-order valence-electron chi connectivity index (χ3n) is 3.54. The van der Waals surface area contributed by atoms with Crippen LogP contribution < -0.4 is 5.32 Å². The molecule has 2 aromatic carbocycles. The zero-order valence-corrected chi connectivity index (χ0v) is 15.3. The van der Waals surface area contributed by atoms with Crippen LogP contribution in [0.5, 0.6) is 0 Å². The zero-order chi connectivity index (χ0) is 17.6. The fourth-order valence-corrected chi connectivity index (χ4v) is 3.90. The molecule has 0 aliphatic carbocycles. The van der Waals surface area contributed by atoms with Crippen molar-refractivity contribution in [1.82, 2.24) is 0 Å². The highest BCUT2D eigenvalue weighted by Gasteiger charge is 2.09. The maximum absolute atomic E-state index is 12.3. The highest BCUT2D eigenvalue weighted by Crippen LogP contribution is 2.24. The van der Waals surface area contributed by atoms with Crippen molar-refractivity contribution in [2.24, 2.45) is 0 Å². The van der Waals surface area contributed by atoms with E-state index < -0.39 is 0 Å². The van der Waals surface area contributed by atoms with Crippen molar-refractivity contribution in [3.8, 4) is 0 Å². The lowest BCUT2D eigenvalue weighted by Crippen LogP contribution is -2.11. The standard InChI is InChI=1S/C20H17NO2S2/c1-14-5-2-6-15(11-14)20(23)21-16-7-3-8-17(12-16)25-13-18(22)19-9-4-10-24-19/h2-12H,13H2,1H3,(H,21,23). The van der Waals surface area contributed by atoms with Crippen LogP contribution in [0.15, 0.2) is 70.9 Å².